The number of amides is 1. The number of phenolic OH excluding ortho intramolecular Hbond substituents is 1. The van der Waals surface area contributed by atoms with E-state index in [1.54, 1.807) is 19.1 Å². The summed E-state index contributed by atoms with van der Waals surface area (Å²) in [4.78, 5) is 11.7. The molecule has 1 rings (SSSR count). The monoisotopic (exact) mass is 231 g/mol. The molecule has 0 unspecified atom stereocenters. The van der Waals surface area contributed by atoms with E-state index in [4.69, 9.17) is 6.42 Å². The van der Waals surface area contributed by atoms with E-state index in [1.165, 1.54) is 6.07 Å². The van der Waals surface area contributed by atoms with Gasteiger partial charge in [-0.3, -0.25) is 4.79 Å². The van der Waals surface area contributed by atoms with Crippen molar-refractivity contribution in [3.05, 3.63) is 29.3 Å². The van der Waals surface area contributed by atoms with Crippen LogP contribution < -0.4 is 5.32 Å². The molecule has 0 aliphatic carbocycles. The Morgan fingerprint density at radius 2 is 2.24 bits per heavy atom. The van der Waals surface area contributed by atoms with Gasteiger partial charge >= 0.3 is 0 Å². The summed E-state index contributed by atoms with van der Waals surface area (Å²) >= 11 is 0. The van der Waals surface area contributed by atoms with Crippen molar-refractivity contribution in [2.45, 2.75) is 26.2 Å². The Hall–Kier alpha value is -1.95. The summed E-state index contributed by atoms with van der Waals surface area (Å²) in [5.74, 6) is 2.53. The molecule has 0 fully saturated rings. The number of aryl methyl sites for hydroxylation is 1. The van der Waals surface area contributed by atoms with Crippen LogP contribution in [0.1, 0.15) is 35.2 Å². The van der Waals surface area contributed by atoms with Gasteiger partial charge in [0.1, 0.15) is 5.75 Å². The third kappa shape index (κ3) is 4.20. The van der Waals surface area contributed by atoms with Gasteiger partial charge in [-0.2, -0.15) is 0 Å². The van der Waals surface area contributed by atoms with Gasteiger partial charge in [0.05, 0.1) is 0 Å². The third-order valence-corrected chi connectivity index (χ3v) is 2.50. The molecule has 0 heterocycles. The number of phenols is 1. The largest absolute Gasteiger partial charge is 0.508 e. The molecule has 0 spiro atoms. The number of unbranched alkanes of at least 4 members (excludes halogenated alkanes) is 2. The lowest BCUT2D eigenvalue weighted by Gasteiger charge is -2.06. The van der Waals surface area contributed by atoms with Gasteiger partial charge in [-0.25, -0.2) is 0 Å². The molecule has 3 heteroatoms. The molecule has 3 nitrogen and oxygen atoms in total. The molecule has 0 saturated heterocycles. The molecule has 0 bridgehead atoms. The van der Waals surface area contributed by atoms with Gasteiger partial charge in [0.25, 0.3) is 5.91 Å². The van der Waals surface area contributed by atoms with E-state index in [0.717, 1.165) is 24.8 Å². The fourth-order valence-electron chi connectivity index (χ4n) is 1.41. The maximum atomic E-state index is 11.7. The number of carbonyl (C=O) groups is 1. The Bertz CT molecular complexity index is 432. The molecule has 1 aromatic rings. The number of hydrogen-bond acceptors (Lipinski definition) is 2. The van der Waals surface area contributed by atoms with Crippen LogP contribution in [0.25, 0.3) is 0 Å². The van der Waals surface area contributed by atoms with Crippen LogP contribution in [0.2, 0.25) is 0 Å². The summed E-state index contributed by atoms with van der Waals surface area (Å²) in [6, 6.07) is 4.90. The third-order valence-electron chi connectivity index (χ3n) is 2.50. The van der Waals surface area contributed by atoms with Gasteiger partial charge in [-0.15, -0.1) is 12.3 Å². The normalized spacial score (nSPS) is 9.65. The van der Waals surface area contributed by atoms with Crippen LogP contribution in [0.15, 0.2) is 18.2 Å². The molecule has 17 heavy (non-hydrogen) atoms. The van der Waals surface area contributed by atoms with E-state index in [1.807, 2.05) is 0 Å². The van der Waals surface area contributed by atoms with Crippen molar-refractivity contribution >= 4 is 5.91 Å². The molecule has 0 radical (unpaired) electrons. The lowest BCUT2D eigenvalue weighted by Crippen LogP contribution is -2.24. The zero-order chi connectivity index (χ0) is 12.7. The zero-order valence-electron chi connectivity index (χ0n) is 9.99. The van der Waals surface area contributed by atoms with Crippen molar-refractivity contribution in [1.29, 1.82) is 0 Å². The molecule has 90 valence electrons. The molecular formula is C14H17NO2. The smallest absolute Gasteiger partial charge is 0.251 e. The fourth-order valence-corrected chi connectivity index (χ4v) is 1.41. The van der Waals surface area contributed by atoms with E-state index < -0.39 is 0 Å². The quantitative estimate of drug-likeness (QED) is 0.603. The van der Waals surface area contributed by atoms with E-state index in [2.05, 4.69) is 11.2 Å². The second-order valence-corrected chi connectivity index (χ2v) is 3.92. The molecule has 0 aliphatic rings. The average Bonchev–Trinajstić information content (AvgIpc) is 2.32. The molecule has 0 aromatic heterocycles. The van der Waals surface area contributed by atoms with Crippen LogP contribution in [0.5, 0.6) is 5.75 Å². The Balaban J connectivity index is 2.42. The van der Waals surface area contributed by atoms with Gasteiger partial charge in [-0.05, 0) is 37.5 Å². The Morgan fingerprint density at radius 3 is 2.88 bits per heavy atom. The molecule has 1 aromatic carbocycles. The van der Waals surface area contributed by atoms with E-state index in [0.29, 0.717) is 12.1 Å². The molecule has 0 saturated carbocycles. The lowest BCUT2D eigenvalue weighted by molar-refractivity contribution is 0.0952. The standard InChI is InChI=1S/C14H17NO2/c1-3-4-5-6-9-15-14(17)12-8-7-11(2)13(16)10-12/h1,7-8,10,16H,4-6,9H2,2H3,(H,15,17). The first-order valence-electron chi connectivity index (χ1n) is 5.66. The molecule has 0 aliphatic heterocycles. The highest BCUT2D eigenvalue weighted by atomic mass is 16.3. The number of carbonyl (C=O) groups excluding carboxylic acids is 1. The van der Waals surface area contributed by atoms with E-state index in [-0.39, 0.29) is 11.7 Å². The topological polar surface area (TPSA) is 49.3 Å². The van der Waals surface area contributed by atoms with Crippen LogP contribution in [0, 0.1) is 19.3 Å². The minimum Gasteiger partial charge on any atom is -0.508 e. The van der Waals surface area contributed by atoms with Crippen molar-refractivity contribution < 1.29 is 9.90 Å². The highest BCUT2D eigenvalue weighted by Crippen LogP contribution is 2.17. The van der Waals surface area contributed by atoms with Gasteiger partial charge in [-0.1, -0.05) is 6.07 Å². The highest BCUT2D eigenvalue weighted by molar-refractivity contribution is 5.94. The predicted molar refractivity (Wildman–Crippen MR) is 67.9 cm³/mol. The molecular weight excluding hydrogens is 214 g/mol. The molecule has 1 amide bonds. The first-order valence-corrected chi connectivity index (χ1v) is 5.66. The van der Waals surface area contributed by atoms with Gasteiger partial charge in [0.2, 0.25) is 0 Å². The summed E-state index contributed by atoms with van der Waals surface area (Å²) in [5, 5.41) is 12.3. The number of nitrogens with one attached hydrogen (secondary N) is 1. The van der Waals surface area contributed by atoms with Crippen molar-refractivity contribution in [2.75, 3.05) is 6.54 Å². The summed E-state index contributed by atoms with van der Waals surface area (Å²) in [7, 11) is 0. The predicted octanol–water partition coefficient (Wildman–Crippen LogP) is 2.23. The lowest BCUT2D eigenvalue weighted by atomic mass is 10.1. The van der Waals surface area contributed by atoms with E-state index >= 15 is 0 Å². The second kappa shape index (κ2) is 6.59. The highest BCUT2D eigenvalue weighted by Gasteiger charge is 2.06. The Kier molecular flexibility index (Phi) is 5.09. The minimum atomic E-state index is -0.166. The van der Waals surface area contributed by atoms with Crippen LogP contribution in [-0.4, -0.2) is 17.6 Å². The maximum Gasteiger partial charge on any atom is 0.251 e. The SMILES string of the molecule is C#CCCCCNC(=O)c1ccc(C)c(O)c1. The van der Waals surface area contributed by atoms with Crippen LogP contribution in [0.3, 0.4) is 0 Å². The number of terminal acetylenes is 1. The van der Waals surface area contributed by atoms with Crippen molar-refractivity contribution in [3.63, 3.8) is 0 Å². The van der Waals surface area contributed by atoms with Crippen LogP contribution in [0.4, 0.5) is 0 Å². The second-order valence-electron chi connectivity index (χ2n) is 3.92. The summed E-state index contributed by atoms with van der Waals surface area (Å²) in [5.41, 5.74) is 1.24. The van der Waals surface area contributed by atoms with Crippen LogP contribution in [-0.2, 0) is 0 Å². The Morgan fingerprint density at radius 1 is 1.47 bits per heavy atom. The maximum absolute atomic E-state index is 11.7. The zero-order valence-corrected chi connectivity index (χ0v) is 9.99. The first kappa shape index (κ1) is 13.1. The molecule has 2 N–H and O–H groups in total. The number of rotatable bonds is 5. The average molecular weight is 231 g/mol. The molecule has 0 atom stereocenters. The fraction of sp³-hybridized carbons (Fsp3) is 0.357. The number of benzene rings is 1. The minimum absolute atomic E-state index is 0.144. The summed E-state index contributed by atoms with van der Waals surface area (Å²) in [6.45, 7) is 2.39. The Labute approximate surface area is 102 Å². The van der Waals surface area contributed by atoms with Gasteiger partial charge in [0, 0.05) is 18.5 Å². The van der Waals surface area contributed by atoms with E-state index in [9.17, 15) is 9.90 Å². The number of hydrogen-bond donors (Lipinski definition) is 2. The van der Waals surface area contributed by atoms with Gasteiger partial charge in [0.15, 0.2) is 0 Å². The summed E-state index contributed by atoms with van der Waals surface area (Å²) < 4.78 is 0. The van der Waals surface area contributed by atoms with Crippen LogP contribution >= 0.6 is 0 Å². The first-order chi connectivity index (χ1) is 8.15. The van der Waals surface area contributed by atoms with Crippen molar-refractivity contribution in [2.24, 2.45) is 0 Å². The van der Waals surface area contributed by atoms with Crippen molar-refractivity contribution in [3.8, 4) is 18.1 Å². The van der Waals surface area contributed by atoms with Crippen molar-refractivity contribution in [1.82, 2.24) is 5.32 Å². The van der Waals surface area contributed by atoms with Gasteiger partial charge < -0.3 is 10.4 Å². The number of aromatic hydroxyl groups is 1. The summed E-state index contributed by atoms with van der Waals surface area (Å²) in [6.07, 6.45) is 7.65.